The molecule has 4 nitrogen and oxygen atoms in total. The van der Waals surface area contributed by atoms with Gasteiger partial charge < -0.3 is 5.73 Å². The molecule has 1 aromatic rings. The summed E-state index contributed by atoms with van der Waals surface area (Å²) in [5.74, 6) is 0.00526. The van der Waals surface area contributed by atoms with Crippen molar-refractivity contribution in [1.29, 1.82) is 0 Å². The van der Waals surface area contributed by atoms with E-state index in [2.05, 4.69) is 20.7 Å². The van der Waals surface area contributed by atoms with Crippen molar-refractivity contribution in [3.63, 3.8) is 0 Å². The molecule has 96 valence electrons. The highest BCUT2D eigenvalue weighted by molar-refractivity contribution is 9.11. The van der Waals surface area contributed by atoms with Crippen LogP contribution in [0.5, 0.6) is 0 Å². The first-order valence-electron chi connectivity index (χ1n) is 4.81. The molecule has 1 heterocycles. The highest BCUT2D eigenvalue weighted by Crippen LogP contribution is 2.26. The lowest BCUT2D eigenvalue weighted by Gasteiger charge is -2.20. The maximum Gasteiger partial charge on any atom is 0.250 e. The molecule has 0 saturated carbocycles. The molecule has 0 aliphatic rings. The van der Waals surface area contributed by atoms with Gasteiger partial charge in [-0.05, 0) is 34.0 Å². The maximum atomic E-state index is 12.0. The van der Waals surface area contributed by atoms with E-state index < -0.39 is 16.1 Å². The SMILES string of the molecule is CC(C)C(NS(=O)(=O)c1ccc(Br)s1)C(N)=S. The van der Waals surface area contributed by atoms with E-state index in [4.69, 9.17) is 18.0 Å². The third kappa shape index (κ3) is 3.99. The Hall–Kier alpha value is -0.0200. The molecule has 0 radical (unpaired) electrons. The normalized spacial score (nSPS) is 13.9. The van der Waals surface area contributed by atoms with Gasteiger partial charge in [-0.3, -0.25) is 0 Å². The van der Waals surface area contributed by atoms with E-state index in [0.717, 1.165) is 15.1 Å². The van der Waals surface area contributed by atoms with Crippen molar-refractivity contribution in [2.75, 3.05) is 0 Å². The van der Waals surface area contributed by atoms with Gasteiger partial charge in [-0.2, -0.15) is 0 Å². The second-order valence-electron chi connectivity index (χ2n) is 3.80. The number of hydrogen-bond acceptors (Lipinski definition) is 4. The number of nitrogens with two attached hydrogens (primary N) is 1. The Balaban J connectivity index is 2.97. The molecule has 0 spiro atoms. The summed E-state index contributed by atoms with van der Waals surface area (Å²) < 4.78 is 27.6. The second kappa shape index (κ2) is 5.75. The lowest BCUT2D eigenvalue weighted by molar-refractivity contribution is 0.527. The fourth-order valence-electron chi connectivity index (χ4n) is 1.19. The van der Waals surface area contributed by atoms with Crippen molar-refractivity contribution in [3.05, 3.63) is 15.9 Å². The molecule has 1 unspecified atom stereocenters. The maximum absolute atomic E-state index is 12.0. The number of nitrogens with one attached hydrogen (secondary N) is 1. The molecule has 0 aromatic carbocycles. The van der Waals surface area contributed by atoms with Crippen molar-refractivity contribution < 1.29 is 8.42 Å². The van der Waals surface area contributed by atoms with Gasteiger partial charge >= 0.3 is 0 Å². The Labute approximate surface area is 119 Å². The Bertz CT molecular complexity index is 510. The van der Waals surface area contributed by atoms with E-state index in [-0.39, 0.29) is 15.1 Å². The molecule has 0 saturated heterocycles. The summed E-state index contributed by atoms with van der Waals surface area (Å²) in [5.41, 5.74) is 5.53. The van der Waals surface area contributed by atoms with Gasteiger partial charge in [0.25, 0.3) is 10.0 Å². The summed E-state index contributed by atoms with van der Waals surface area (Å²) in [6.45, 7) is 3.72. The molecule has 0 bridgehead atoms. The minimum atomic E-state index is -3.56. The topological polar surface area (TPSA) is 72.2 Å². The van der Waals surface area contributed by atoms with Crippen LogP contribution in [0.3, 0.4) is 0 Å². The van der Waals surface area contributed by atoms with E-state index in [1.165, 1.54) is 6.07 Å². The Morgan fingerprint density at radius 3 is 2.47 bits per heavy atom. The van der Waals surface area contributed by atoms with Crippen molar-refractivity contribution in [3.8, 4) is 0 Å². The highest BCUT2D eigenvalue weighted by atomic mass is 79.9. The highest BCUT2D eigenvalue weighted by Gasteiger charge is 2.25. The summed E-state index contributed by atoms with van der Waals surface area (Å²) in [6.07, 6.45) is 0. The van der Waals surface area contributed by atoms with Crippen LogP contribution in [0.4, 0.5) is 0 Å². The molecule has 0 fully saturated rings. The van der Waals surface area contributed by atoms with Gasteiger partial charge in [0.2, 0.25) is 0 Å². The van der Waals surface area contributed by atoms with Gasteiger partial charge in [0, 0.05) is 0 Å². The molecule has 1 atom stereocenters. The van der Waals surface area contributed by atoms with Crippen molar-refractivity contribution in [2.24, 2.45) is 11.7 Å². The molecule has 3 N–H and O–H groups in total. The molecular formula is C9H13BrN2O2S3. The average Bonchev–Trinajstić information content (AvgIpc) is 2.61. The summed E-state index contributed by atoms with van der Waals surface area (Å²) in [5, 5.41) is 0. The molecule has 8 heteroatoms. The first-order chi connectivity index (χ1) is 7.74. The quantitative estimate of drug-likeness (QED) is 0.792. The fraction of sp³-hybridized carbons (Fsp3) is 0.444. The van der Waals surface area contributed by atoms with Gasteiger partial charge in [0.15, 0.2) is 0 Å². The van der Waals surface area contributed by atoms with E-state index in [1.807, 2.05) is 13.8 Å². The smallest absolute Gasteiger partial charge is 0.250 e. The van der Waals surface area contributed by atoms with Crippen LogP contribution in [-0.2, 0) is 10.0 Å². The van der Waals surface area contributed by atoms with Crippen LogP contribution in [0.25, 0.3) is 0 Å². The van der Waals surface area contributed by atoms with Gasteiger partial charge in [0.1, 0.15) is 4.21 Å². The number of thiocarbonyl (C=S) groups is 1. The lowest BCUT2D eigenvalue weighted by Crippen LogP contribution is -2.46. The van der Waals surface area contributed by atoms with Crippen LogP contribution >= 0.6 is 39.5 Å². The minimum absolute atomic E-state index is 0.00526. The first-order valence-corrected chi connectivity index (χ1v) is 8.31. The zero-order chi connectivity index (χ0) is 13.2. The molecule has 0 amide bonds. The van der Waals surface area contributed by atoms with E-state index in [9.17, 15) is 8.42 Å². The number of sulfonamides is 1. The number of rotatable bonds is 5. The molecular weight excluding hydrogens is 344 g/mol. The summed E-state index contributed by atoms with van der Waals surface area (Å²) in [7, 11) is -3.56. The van der Waals surface area contributed by atoms with Crippen LogP contribution in [0.15, 0.2) is 20.1 Å². The predicted octanol–water partition coefficient (Wildman–Crippen LogP) is 2.10. The van der Waals surface area contributed by atoms with Crippen LogP contribution < -0.4 is 10.5 Å². The molecule has 1 rings (SSSR count). The average molecular weight is 357 g/mol. The zero-order valence-corrected chi connectivity index (χ0v) is 13.3. The second-order valence-corrected chi connectivity index (χ2v) is 8.68. The molecule has 0 aliphatic heterocycles. The summed E-state index contributed by atoms with van der Waals surface area (Å²) >= 11 is 9.23. The monoisotopic (exact) mass is 356 g/mol. The van der Waals surface area contributed by atoms with E-state index in [0.29, 0.717) is 0 Å². The lowest BCUT2D eigenvalue weighted by atomic mass is 10.1. The van der Waals surface area contributed by atoms with Gasteiger partial charge in [-0.25, -0.2) is 13.1 Å². The Kier molecular flexibility index (Phi) is 5.08. The van der Waals surface area contributed by atoms with Crippen LogP contribution in [-0.4, -0.2) is 19.4 Å². The third-order valence-corrected chi connectivity index (χ3v) is 5.88. The van der Waals surface area contributed by atoms with Crippen molar-refractivity contribution in [2.45, 2.75) is 24.1 Å². The van der Waals surface area contributed by atoms with E-state index >= 15 is 0 Å². The van der Waals surface area contributed by atoms with Gasteiger partial charge in [0.05, 0.1) is 14.8 Å². The molecule has 1 aromatic heterocycles. The Morgan fingerprint density at radius 2 is 2.12 bits per heavy atom. The number of thiophene rings is 1. The largest absolute Gasteiger partial charge is 0.392 e. The van der Waals surface area contributed by atoms with Crippen molar-refractivity contribution in [1.82, 2.24) is 4.72 Å². The number of halogens is 1. The summed E-state index contributed by atoms with van der Waals surface area (Å²) in [6, 6.07) is 2.69. The van der Waals surface area contributed by atoms with E-state index in [1.54, 1.807) is 6.07 Å². The molecule has 17 heavy (non-hydrogen) atoms. The van der Waals surface area contributed by atoms with Gasteiger partial charge in [-0.1, -0.05) is 26.1 Å². The van der Waals surface area contributed by atoms with Gasteiger partial charge in [-0.15, -0.1) is 11.3 Å². The first kappa shape index (κ1) is 15.0. The van der Waals surface area contributed by atoms with Crippen LogP contribution in [0.2, 0.25) is 0 Å². The Morgan fingerprint density at radius 1 is 1.53 bits per heavy atom. The summed E-state index contributed by atoms with van der Waals surface area (Å²) in [4.78, 5) is 0.152. The van der Waals surface area contributed by atoms with Crippen LogP contribution in [0.1, 0.15) is 13.8 Å². The zero-order valence-electron chi connectivity index (χ0n) is 9.31. The van der Waals surface area contributed by atoms with Crippen LogP contribution in [0, 0.1) is 5.92 Å². The number of hydrogen-bond donors (Lipinski definition) is 2. The fourth-order valence-corrected chi connectivity index (χ4v) is 4.99. The standard InChI is InChI=1S/C9H13BrN2O2S3/c1-5(2)8(9(11)15)12-17(13,14)7-4-3-6(10)16-7/h3-5,8,12H,1-2H3,(H2,11,15). The van der Waals surface area contributed by atoms with Crippen molar-refractivity contribution >= 4 is 54.5 Å². The molecule has 0 aliphatic carbocycles. The predicted molar refractivity (Wildman–Crippen MR) is 77.8 cm³/mol. The minimum Gasteiger partial charge on any atom is -0.392 e. The third-order valence-electron chi connectivity index (χ3n) is 2.07.